The van der Waals surface area contributed by atoms with Crippen molar-refractivity contribution in [3.05, 3.63) is 35.4 Å². The van der Waals surface area contributed by atoms with E-state index >= 15 is 0 Å². The fraction of sp³-hybridized carbons (Fsp3) is 0.500. The van der Waals surface area contributed by atoms with Crippen molar-refractivity contribution in [3.8, 4) is 0 Å². The Morgan fingerprint density at radius 1 is 1.14 bits per heavy atom. The highest BCUT2D eigenvalue weighted by atomic mass is 16.5. The number of rotatable bonds is 5. The van der Waals surface area contributed by atoms with Gasteiger partial charge in [0.25, 0.3) is 5.91 Å². The van der Waals surface area contributed by atoms with Gasteiger partial charge in [-0.15, -0.1) is 0 Å². The highest BCUT2D eigenvalue weighted by Crippen LogP contribution is 2.09. The maximum atomic E-state index is 12.0. The molecule has 0 spiro atoms. The highest BCUT2D eigenvalue weighted by molar-refractivity contribution is 5.96. The molecule has 1 aliphatic heterocycles. The van der Waals surface area contributed by atoms with Crippen LogP contribution in [-0.4, -0.2) is 43.5 Å². The highest BCUT2D eigenvalue weighted by Gasteiger charge is 2.17. The normalized spacial score (nSPS) is 14.8. The average Bonchev–Trinajstić information content (AvgIpc) is 2.54. The van der Waals surface area contributed by atoms with Crippen LogP contribution >= 0.6 is 0 Å². The van der Waals surface area contributed by atoms with Crippen molar-refractivity contribution in [2.45, 2.75) is 25.9 Å². The molecule has 1 fully saturated rings. The summed E-state index contributed by atoms with van der Waals surface area (Å²) in [5.74, 6) is -0.219. The van der Waals surface area contributed by atoms with Gasteiger partial charge in [0.1, 0.15) is 0 Å². The molecule has 0 bridgehead atoms. The Morgan fingerprint density at radius 2 is 1.81 bits per heavy atom. The minimum atomic E-state index is -0.218. The Hall–Kier alpha value is -1.88. The lowest BCUT2D eigenvalue weighted by atomic mass is 10.1. The third kappa shape index (κ3) is 4.56. The molecule has 2 amide bonds. The zero-order valence-electron chi connectivity index (χ0n) is 12.4. The summed E-state index contributed by atoms with van der Waals surface area (Å²) >= 11 is 0. The summed E-state index contributed by atoms with van der Waals surface area (Å²) in [4.78, 5) is 25.8. The molecular weight excluding hydrogens is 268 g/mol. The molecule has 5 heteroatoms. The van der Waals surface area contributed by atoms with Gasteiger partial charge in [-0.3, -0.25) is 9.59 Å². The van der Waals surface area contributed by atoms with E-state index in [9.17, 15) is 9.59 Å². The minimum absolute atomic E-state index is 0.000877. The van der Waals surface area contributed by atoms with Crippen molar-refractivity contribution in [1.82, 2.24) is 10.2 Å². The van der Waals surface area contributed by atoms with Gasteiger partial charge in [-0.25, -0.2) is 0 Å². The predicted molar refractivity (Wildman–Crippen MR) is 79.9 cm³/mol. The number of likely N-dealkylation sites (tertiary alicyclic amines) is 1. The van der Waals surface area contributed by atoms with E-state index in [4.69, 9.17) is 4.74 Å². The van der Waals surface area contributed by atoms with E-state index in [-0.39, 0.29) is 18.4 Å². The molecule has 1 N–H and O–H groups in total. The quantitative estimate of drug-likeness (QED) is 0.895. The van der Waals surface area contributed by atoms with Crippen molar-refractivity contribution in [3.63, 3.8) is 0 Å². The topological polar surface area (TPSA) is 58.6 Å². The molecule has 114 valence electrons. The zero-order chi connectivity index (χ0) is 15.1. The second-order valence-electron chi connectivity index (χ2n) is 5.25. The molecular formula is C16H22N2O3. The molecule has 1 aromatic rings. The van der Waals surface area contributed by atoms with Crippen LogP contribution in [0.3, 0.4) is 0 Å². The van der Waals surface area contributed by atoms with Crippen molar-refractivity contribution in [2.24, 2.45) is 0 Å². The van der Waals surface area contributed by atoms with Gasteiger partial charge in [0.15, 0.2) is 0 Å². The Balaban J connectivity index is 1.82. The van der Waals surface area contributed by atoms with Crippen LogP contribution in [0.25, 0.3) is 0 Å². The Morgan fingerprint density at radius 3 is 2.43 bits per heavy atom. The number of benzene rings is 1. The zero-order valence-corrected chi connectivity index (χ0v) is 12.4. The first kappa shape index (κ1) is 15.5. The van der Waals surface area contributed by atoms with Crippen LogP contribution in [0.5, 0.6) is 0 Å². The summed E-state index contributed by atoms with van der Waals surface area (Å²) < 4.78 is 5.02. The molecule has 0 aromatic heterocycles. The van der Waals surface area contributed by atoms with Crippen molar-refractivity contribution >= 4 is 11.8 Å². The van der Waals surface area contributed by atoms with Gasteiger partial charge >= 0.3 is 0 Å². The molecule has 1 heterocycles. The van der Waals surface area contributed by atoms with Crippen LogP contribution in [0.15, 0.2) is 24.3 Å². The Labute approximate surface area is 125 Å². The van der Waals surface area contributed by atoms with Crippen LogP contribution in [0.1, 0.15) is 35.2 Å². The third-order valence-electron chi connectivity index (χ3n) is 3.64. The first-order valence-electron chi connectivity index (χ1n) is 7.34. The van der Waals surface area contributed by atoms with Gasteiger partial charge < -0.3 is 15.0 Å². The number of hydrogen-bond donors (Lipinski definition) is 1. The van der Waals surface area contributed by atoms with Gasteiger partial charge in [-0.05, 0) is 37.0 Å². The number of piperidine rings is 1. The summed E-state index contributed by atoms with van der Waals surface area (Å²) in [7, 11) is 1.63. The van der Waals surface area contributed by atoms with Crippen LogP contribution in [0.2, 0.25) is 0 Å². The summed E-state index contributed by atoms with van der Waals surface area (Å²) in [6.07, 6.45) is 3.30. The van der Waals surface area contributed by atoms with E-state index in [1.807, 2.05) is 17.0 Å². The molecule has 0 radical (unpaired) electrons. The smallest absolute Gasteiger partial charge is 0.251 e. The van der Waals surface area contributed by atoms with E-state index in [0.29, 0.717) is 12.2 Å². The van der Waals surface area contributed by atoms with Gasteiger partial charge in [-0.1, -0.05) is 12.1 Å². The number of amides is 2. The molecule has 0 unspecified atom stereocenters. The lowest BCUT2D eigenvalue weighted by molar-refractivity contribution is -0.130. The van der Waals surface area contributed by atoms with Gasteiger partial charge in [0.05, 0.1) is 13.2 Å². The van der Waals surface area contributed by atoms with E-state index in [1.54, 1.807) is 19.2 Å². The van der Waals surface area contributed by atoms with E-state index in [0.717, 1.165) is 31.5 Å². The number of hydrogen-bond acceptors (Lipinski definition) is 3. The van der Waals surface area contributed by atoms with Gasteiger partial charge in [0.2, 0.25) is 5.91 Å². The van der Waals surface area contributed by atoms with Crippen LogP contribution in [0, 0.1) is 0 Å². The molecule has 5 nitrogen and oxygen atoms in total. The second-order valence-corrected chi connectivity index (χ2v) is 5.25. The summed E-state index contributed by atoms with van der Waals surface area (Å²) in [6.45, 7) is 2.20. The van der Waals surface area contributed by atoms with E-state index in [1.165, 1.54) is 6.42 Å². The largest absolute Gasteiger partial charge is 0.380 e. The maximum absolute atomic E-state index is 12.0. The monoisotopic (exact) mass is 290 g/mol. The van der Waals surface area contributed by atoms with Crippen LogP contribution in [0.4, 0.5) is 0 Å². The minimum Gasteiger partial charge on any atom is -0.380 e. The number of nitrogens with zero attached hydrogens (tertiary/aromatic N) is 1. The first-order valence-corrected chi connectivity index (χ1v) is 7.34. The fourth-order valence-corrected chi connectivity index (χ4v) is 2.43. The maximum Gasteiger partial charge on any atom is 0.251 e. The molecule has 2 rings (SSSR count). The SMILES string of the molecule is COCc1ccc(C(=O)NCC(=O)N2CCCCC2)cc1. The lowest BCUT2D eigenvalue weighted by Crippen LogP contribution is -2.42. The molecule has 1 aliphatic rings. The van der Waals surface area contributed by atoms with Crippen LogP contribution < -0.4 is 5.32 Å². The fourth-order valence-electron chi connectivity index (χ4n) is 2.43. The van der Waals surface area contributed by atoms with Crippen molar-refractivity contribution in [1.29, 1.82) is 0 Å². The number of methoxy groups -OCH3 is 1. The summed E-state index contributed by atoms with van der Waals surface area (Å²) in [5.41, 5.74) is 1.57. The number of carbonyl (C=O) groups excluding carboxylic acids is 2. The van der Waals surface area contributed by atoms with E-state index in [2.05, 4.69) is 5.32 Å². The average molecular weight is 290 g/mol. The summed E-state index contributed by atoms with van der Waals surface area (Å²) in [6, 6.07) is 7.19. The Bertz CT molecular complexity index is 479. The third-order valence-corrected chi connectivity index (χ3v) is 3.64. The second kappa shape index (κ2) is 7.78. The lowest BCUT2D eigenvalue weighted by Gasteiger charge is -2.26. The predicted octanol–water partition coefficient (Wildman–Crippen LogP) is 1.58. The molecule has 0 saturated carbocycles. The molecule has 21 heavy (non-hydrogen) atoms. The number of carbonyl (C=O) groups is 2. The first-order chi connectivity index (χ1) is 10.2. The van der Waals surface area contributed by atoms with Gasteiger partial charge in [0, 0.05) is 25.8 Å². The van der Waals surface area contributed by atoms with Gasteiger partial charge in [-0.2, -0.15) is 0 Å². The molecule has 1 aromatic carbocycles. The standard InChI is InChI=1S/C16H22N2O3/c1-21-12-13-5-7-14(8-6-13)16(20)17-11-15(19)18-9-3-2-4-10-18/h5-8H,2-4,9-12H2,1H3,(H,17,20). The number of ether oxygens (including phenoxy) is 1. The van der Waals surface area contributed by atoms with Crippen molar-refractivity contribution < 1.29 is 14.3 Å². The molecule has 1 saturated heterocycles. The molecule has 0 atom stereocenters. The van der Waals surface area contributed by atoms with Crippen molar-refractivity contribution in [2.75, 3.05) is 26.7 Å². The number of nitrogens with one attached hydrogen (secondary N) is 1. The van der Waals surface area contributed by atoms with E-state index < -0.39 is 0 Å². The Kier molecular flexibility index (Phi) is 5.75. The summed E-state index contributed by atoms with van der Waals surface area (Å²) in [5, 5.41) is 2.69. The molecule has 0 aliphatic carbocycles. The van der Waals surface area contributed by atoms with Crippen LogP contribution in [-0.2, 0) is 16.1 Å².